The van der Waals surface area contributed by atoms with E-state index < -0.39 is 0 Å². The molecule has 1 aliphatic heterocycles. The molecule has 6 heteroatoms. The van der Waals surface area contributed by atoms with Crippen LogP contribution in [0.1, 0.15) is 23.6 Å². The molecule has 0 unspecified atom stereocenters. The molecule has 6 nitrogen and oxygen atoms in total. The van der Waals surface area contributed by atoms with E-state index in [9.17, 15) is 10.2 Å². The lowest BCUT2D eigenvalue weighted by molar-refractivity contribution is 0.450. The first-order chi connectivity index (χ1) is 10.7. The Balaban J connectivity index is 1.67. The van der Waals surface area contributed by atoms with Crippen molar-refractivity contribution in [2.75, 3.05) is 0 Å². The molecular formula is C16H14N4O2. The van der Waals surface area contributed by atoms with E-state index in [2.05, 4.69) is 20.4 Å². The number of phenols is 2. The van der Waals surface area contributed by atoms with Crippen LogP contribution in [-0.4, -0.2) is 22.3 Å². The fraction of sp³-hybridized carbons (Fsp3) is 0.125. The topological polar surface area (TPSA) is 89.9 Å². The monoisotopic (exact) mass is 294 g/mol. The molecule has 2 aromatic rings. The lowest BCUT2D eigenvalue weighted by Gasteiger charge is -2.02. The minimum atomic E-state index is -0.0563. The first-order valence-corrected chi connectivity index (χ1v) is 6.80. The van der Waals surface area contributed by atoms with Gasteiger partial charge in [-0.3, -0.25) is 0 Å². The van der Waals surface area contributed by atoms with Crippen LogP contribution in [0, 0.1) is 0 Å². The van der Waals surface area contributed by atoms with Crippen LogP contribution in [0.15, 0.2) is 69.0 Å². The third kappa shape index (κ3) is 3.17. The maximum atomic E-state index is 9.63. The van der Waals surface area contributed by atoms with Gasteiger partial charge in [0.15, 0.2) is 5.84 Å². The third-order valence-corrected chi connectivity index (χ3v) is 3.26. The zero-order chi connectivity index (χ0) is 15.4. The number of rotatable bonds is 3. The number of azo groups is 1. The zero-order valence-electron chi connectivity index (χ0n) is 11.7. The summed E-state index contributed by atoms with van der Waals surface area (Å²) < 4.78 is 0. The lowest BCUT2D eigenvalue weighted by Crippen LogP contribution is -1.95. The van der Waals surface area contributed by atoms with E-state index >= 15 is 0 Å². The van der Waals surface area contributed by atoms with Crippen molar-refractivity contribution in [2.45, 2.75) is 12.5 Å². The fourth-order valence-electron chi connectivity index (χ4n) is 2.11. The largest absolute Gasteiger partial charge is 0.508 e. The highest BCUT2D eigenvalue weighted by atomic mass is 16.3. The summed E-state index contributed by atoms with van der Waals surface area (Å²) in [6, 6.07) is 14.1. The molecule has 110 valence electrons. The minimum absolute atomic E-state index is 0.00346. The average Bonchev–Trinajstić information content (AvgIpc) is 2.99. The van der Waals surface area contributed by atoms with Crippen LogP contribution < -0.4 is 0 Å². The van der Waals surface area contributed by atoms with Crippen molar-refractivity contribution in [3.05, 3.63) is 59.7 Å². The Hall–Kier alpha value is -3.02. The Bertz CT molecular complexity index is 754. The fourth-order valence-corrected chi connectivity index (χ4v) is 2.11. The number of aromatic hydroxyl groups is 2. The second-order valence-corrected chi connectivity index (χ2v) is 4.85. The molecule has 0 saturated heterocycles. The van der Waals surface area contributed by atoms with Gasteiger partial charge in [-0.1, -0.05) is 30.3 Å². The second kappa shape index (κ2) is 6.17. The van der Waals surface area contributed by atoms with Gasteiger partial charge in [0, 0.05) is 18.1 Å². The maximum absolute atomic E-state index is 9.63. The molecule has 22 heavy (non-hydrogen) atoms. The molecule has 1 aliphatic rings. The summed E-state index contributed by atoms with van der Waals surface area (Å²) in [6.45, 7) is 0. The molecule has 0 saturated carbocycles. The molecule has 1 heterocycles. The van der Waals surface area contributed by atoms with Crippen molar-refractivity contribution >= 4 is 12.1 Å². The molecule has 0 fully saturated rings. The molecule has 1 atom stereocenters. The first kappa shape index (κ1) is 13.9. The van der Waals surface area contributed by atoms with Gasteiger partial charge in [0.1, 0.15) is 17.5 Å². The van der Waals surface area contributed by atoms with Crippen molar-refractivity contribution in [3.63, 3.8) is 0 Å². The molecule has 0 aliphatic carbocycles. The number of amidine groups is 1. The highest BCUT2D eigenvalue weighted by Crippen LogP contribution is 2.27. The maximum Gasteiger partial charge on any atom is 0.175 e. The number of hydrogen-bond donors (Lipinski definition) is 2. The predicted molar refractivity (Wildman–Crippen MR) is 83.5 cm³/mol. The van der Waals surface area contributed by atoms with E-state index in [-0.39, 0.29) is 17.5 Å². The van der Waals surface area contributed by atoms with Gasteiger partial charge in [-0.15, -0.1) is 10.2 Å². The van der Waals surface area contributed by atoms with Crippen LogP contribution in [0.4, 0.5) is 0 Å². The molecule has 0 bridgehead atoms. The van der Waals surface area contributed by atoms with E-state index in [0.717, 1.165) is 5.56 Å². The Morgan fingerprint density at radius 3 is 2.68 bits per heavy atom. The van der Waals surface area contributed by atoms with E-state index in [4.69, 9.17) is 0 Å². The number of phenolic OH excluding ortho intramolecular Hbond substituents is 2. The Morgan fingerprint density at radius 1 is 1.09 bits per heavy atom. The summed E-state index contributed by atoms with van der Waals surface area (Å²) in [6.07, 6.45) is 2.01. The summed E-state index contributed by atoms with van der Waals surface area (Å²) in [4.78, 5) is 0. The first-order valence-electron chi connectivity index (χ1n) is 6.80. The Morgan fingerprint density at radius 2 is 1.91 bits per heavy atom. The average molecular weight is 294 g/mol. The summed E-state index contributed by atoms with van der Waals surface area (Å²) in [5.41, 5.74) is 1.56. The summed E-state index contributed by atoms with van der Waals surface area (Å²) in [7, 11) is 0. The standard InChI is InChI=1S/C16H14N4O2/c21-13-7-6-12(15(22)8-13)10-17-19-16-9-14(18-20-16)11-4-2-1-3-5-11/h1-8,10,14,21-22H,9H2/b17-10-,19-16+/t14-/m0/s1. The van der Waals surface area contributed by atoms with Crippen LogP contribution in [0.25, 0.3) is 0 Å². The van der Waals surface area contributed by atoms with Crippen molar-refractivity contribution in [1.82, 2.24) is 0 Å². The van der Waals surface area contributed by atoms with E-state index in [1.165, 1.54) is 18.3 Å². The van der Waals surface area contributed by atoms with Crippen LogP contribution in [0.2, 0.25) is 0 Å². The minimum Gasteiger partial charge on any atom is -0.508 e. The van der Waals surface area contributed by atoms with E-state index in [0.29, 0.717) is 17.8 Å². The molecule has 0 aromatic heterocycles. The summed E-state index contributed by atoms with van der Waals surface area (Å²) in [5.74, 6) is 0.485. The highest BCUT2D eigenvalue weighted by Gasteiger charge is 2.19. The van der Waals surface area contributed by atoms with Crippen LogP contribution in [0.3, 0.4) is 0 Å². The quantitative estimate of drug-likeness (QED) is 0.670. The van der Waals surface area contributed by atoms with Gasteiger partial charge in [0.2, 0.25) is 0 Å². The second-order valence-electron chi connectivity index (χ2n) is 4.85. The SMILES string of the molecule is Oc1ccc(/C=N\N=C2/C[C@@H](c3ccccc3)N=N2)c(O)c1. The molecule has 0 radical (unpaired) electrons. The summed E-state index contributed by atoms with van der Waals surface area (Å²) >= 11 is 0. The molecule has 0 amide bonds. The van der Waals surface area contributed by atoms with Crippen LogP contribution >= 0.6 is 0 Å². The number of benzene rings is 2. The highest BCUT2D eigenvalue weighted by molar-refractivity contribution is 5.87. The number of nitrogens with zero attached hydrogens (tertiary/aromatic N) is 4. The van der Waals surface area contributed by atoms with Crippen molar-refractivity contribution in [2.24, 2.45) is 20.4 Å². The van der Waals surface area contributed by atoms with Gasteiger partial charge in [-0.05, 0) is 17.7 Å². The van der Waals surface area contributed by atoms with Crippen LogP contribution in [-0.2, 0) is 0 Å². The van der Waals surface area contributed by atoms with Gasteiger partial charge in [-0.2, -0.15) is 10.2 Å². The summed E-state index contributed by atoms with van der Waals surface area (Å²) in [5, 5.41) is 35.0. The normalized spacial score (nSPS) is 19.3. The van der Waals surface area contributed by atoms with E-state index in [1.807, 2.05) is 30.3 Å². The van der Waals surface area contributed by atoms with Gasteiger partial charge in [0.05, 0.1) is 6.21 Å². The third-order valence-electron chi connectivity index (χ3n) is 3.26. The van der Waals surface area contributed by atoms with Gasteiger partial charge < -0.3 is 10.2 Å². The lowest BCUT2D eigenvalue weighted by atomic mass is 10.1. The van der Waals surface area contributed by atoms with Crippen LogP contribution in [0.5, 0.6) is 11.5 Å². The molecule has 2 N–H and O–H groups in total. The van der Waals surface area contributed by atoms with Gasteiger partial charge >= 0.3 is 0 Å². The molecular weight excluding hydrogens is 280 g/mol. The molecule has 3 rings (SSSR count). The van der Waals surface area contributed by atoms with E-state index in [1.54, 1.807) is 6.07 Å². The zero-order valence-corrected chi connectivity index (χ0v) is 11.7. The van der Waals surface area contributed by atoms with Crippen molar-refractivity contribution < 1.29 is 10.2 Å². The van der Waals surface area contributed by atoms with Gasteiger partial charge in [-0.25, -0.2) is 0 Å². The van der Waals surface area contributed by atoms with Crippen molar-refractivity contribution in [3.8, 4) is 11.5 Å². The smallest absolute Gasteiger partial charge is 0.175 e. The molecule has 2 aromatic carbocycles. The number of hydrogen-bond acceptors (Lipinski definition) is 5. The van der Waals surface area contributed by atoms with Gasteiger partial charge in [0.25, 0.3) is 0 Å². The van der Waals surface area contributed by atoms with Crippen molar-refractivity contribution in [1.29, 1.82) is 0 Å². The Labute approximate surface area is 127 Å². The molecule has 0 spiro atoms. The predicted octanol–water partition coefficient (Wildman–Crippen LogP) is 3.43. The Kier molecular flexibility index (Phi) is 3.91.